The van der Waals surface area contributed by atoms with Gasteiger partial charge in [0.15, 0.2) is 6.23 Å². The summed E-state index contributed by atoms with van der Waals surface area (Å²) < 4.78 is 5.52. The highest BCUT2D eigenvalue weighted by atomic mass is 16.5. The topological polar surface area (TPSA) is 522 Å². The van der Waals surface area contributed by atoms with Gasteiger partial charge in [0.2, 0.25) is 59.1 Å². The summed E-state index contributed by atoms with van der Waals surface area (Å²) in [5.74, 6) is -12.2. The van der Waals surface area contributed by atoms with Gasteiger partial charge in [-0.2, -0.15) is 0 Å². The van der Waals surface area contributed by atoms with Gasteiger partial charge in [-0.25, -0.2) is 0 Å². The molecule has 31 nitrogen and oxygen atoms in total. The quantitative estimate of drug-likeness (QED) is 0.0389. The zero-order chi connectivity index (χ0) is 56.5. The number of aliphatic hydroxyl groups excluding tert-OH is 8. The number of carbonyl (C=O) groups excluding carboxylic acids is 10. The van der Waals surface area contributed by atoms with E-state index >= 15 is 0 Å². The molecule has 1 aliphatic heterocycles. The van der Waals surface area contributed by atoms with Crippen molar-refractivity contribution in [3.05, 3.63) is 29.8 Å². The lowest BCUT2D eigenvalue weighted by molar-refractivity contribution is -0.203. The Bertz CT molecular complexity index is 2130. The third-order valence-corrected chi connectivity index (χ3v) is 11.1. The van der Waals surface area contributed by atoms with Crippen LogP contribution >= 0.6 is 0 Å². The number of aromatic hydroxyl groups is 1. The minimum Gasteiger partial charge on any atom is -0.508 e. The van der Waals surface area contributed by atoms with Crippen LogP contribution in [-0.2, 0) is 59.1 Å². The first-order valence-electron chi connectivity index (χ1n) is 22.9. The Morgan fingerprint density at radius 2 is 1.00 bits per heavy atom. The van der Waals surface area contributed by atoms with E-state index < -0.39 is 188 Å². The van der Waals surface area contributed by atoms with Gasteiger partial charge in [0.05, 0.1) is 50.1 Å². The van der Waals surface area contributed by atoms with Crippen molar-refractivity contribution in [2.45, 2.75) is 158 Å². The van der Waals surface area contributed by atoms with Crippen molar-refractivity contribution in [3.63, 3.8) is 0 Å². The monoisotopic (exact) mass is 1060 g/mol. The summed E-state index contributed by atoms with van der Waals surface area (Å²) in [7, 11) is 0. The van der Waals surface area contributed by atoms with Gasteiger partial charge in [0.25, 0.3) is 0 Å². The Morgan fingerprint density at radius 3 is 1.43 bits per heavy atom. The fraction of sp³-hybridized carbons (Fsp3) is 0.628. The molecule has 1 aliphatic rings. The molecule has 0 radical (unpaired) electrons. The molecule has 2 rings (SSSR count). The van der Waals surface area contributed by atoms with Crippen LogP contribution < -0.4 is 59.3 Å². The van der Waals surface area contributed by atoms with Gasteiger partial charge in [0, 0.05) is 13.3 Å². The lowest BCUT2D eigenvalue weighted by atomic mass is 9.95. The number of rotatable bonds is 27. The Kier molecular flexibility index (Phi) is 25.1. The highest BCUT2D eigenvalue weighted by Gasteiger charge is 2.46. The number of amides is 10. The van der Waals surface area contributed by atoms with Crippen LogP contribution in [-0.4, -0.2) is 222 Å². The number of phenolic OH excluding ortho intramolecular Hbond substituents is 1. The number of hydrogen-bond donors (Lipinski definition) is 20. The average molecular weight is 1060 g/mol. The van der Waals surface area contributed by atoms with Crippen LogP contribution in [0.1, 0.15) is 53.5 Å². The van der Waals surface area contributed by atoms with Crippen LogP contribution in [0.2, 0.25) is 0 Å². The van der Waals surface area contributed by atoms with Crippen LogP contribution in [0, 0.1) is 0 Å². The summed E-state index contributed by atoms with van der Waals surface area (Å²) >= 11 is 0. The van der Waals surface area contributed by atoms with Gasteiger partial charge in [-0.05, 0) is 52.3 Å². The van der Waals surface area contributed by atoms with Crippen molar-refractivity contribution >= 4 is 59.1 Å². The summed E-state index contributed by atoms with van der Waals surface area (Å²) in [6.07, 6.45) is -15.6. The summed E-state index contributed by atoms with van der Waals surface area (Å²) in [5, 5.41) is 112. The molecular formula is C43H69N11O20. The van der Waals surface area contributed by atoms with Gasteiger partial charge in [-0.3, -0.25) is 47.9 Å². The molecule has 74 heavy (non-hydrogen) atoms. The zero-order valence-corrected chi connectivity index (χ0v) is 41.1. The zero-order valence-electron chi connectivity index (χ0n) is 41.1. The highest BCUT2D eigenvalue weighted by molar-refractivity contribution is 5.99. The average Bonchev–Trinajstić information content (AvgIpc) is 3.31. The molecule has 1 aromatic rings. The second-order valence-corrected chi connectivity index (χ2v) is 17.6. The van der Waals surface area contributed by atoms with E-state index in [4.69, 9.17) is 16.2 Å². The van der Waals surface area contributed by atoms with E-state index in [0.717, 1.165) is 34.6 Å². The van der Waals surface area contributed by atoms with E-state index in [1.807, 2.05) is 0 Å². The van der Waals surface area contributed by atoms with Gasteiger partial charge in [0.1, 0.15) is 72.4 Å². The number of nitrogens with two attached hydrogens (primary N) is 2. The second-order valence-electron chi connectivity index (χ2n) is 17.6. The molecule has 0 saturated carbocycles. The molecular weight excluding hydrogens is 991 g/mol. The van der Waals surface area contributed by atoms with E-state index in [1.54, 1.807) is 0 Å². The molecule has 0 unspecified atom stereocenters. The Labute approximate surface area is 422 Å². The van der Waals surface area contributed by atoms with Crippen molar-refractivity contribution in [2.75, 3.05) is 13.2 Å². The first-order chi connectivity index (χ1) is 34.4. The number of ether oxygens (including phenoxy) is 1. The summed E-state index contributed by atoms with van der Waals surface area (Å²) in [4.78, 5) is 132. The minimum absolute atomic E-state index is 0.196. The fourth-order valence-electron chi connectivity index (χ4n) is 6.99. The Balaban J connectivity index is 2.58. The smallest absolute Gasteiger partial charge is 0.245 e. The minimum atomic E-state index is -2.16. The van der Waals surface area contributed by atoms with Crippen LogP contribution in [0.15, 0.2) is 24.3 Å². The molecule has 31 heteroatoms. The van der Waals surface area contributed by atoms with Crippen LogP contribution in [0.25, 0.3) is 0 Å². The molecule has 1 heterocycles. The predicted molar refractivity (Wildman–Crippen MR) is 250 cm³/mol. The first-order valence-corrected chi connectivity index (χ1v) is 22.9. The van der Waals surface area contributed by atoms with Crippen LogP contribution in [0.5, 0.6) is 5.75 Å². The van der Waals surface area contributed by atoms with Crippen LogP contribution in [0.4, 0.5) is 0 Å². The molecule has 1 saturated heterocycles. The van der Waals surface area contributed by atoms with E-state index in [-0.39, 0.29) is 11.3 Å². The van der Waals surface area contributed by atoms with Crippen LogP contribution in [0.3, 0.4) is 0 Å². The molecule has 1 aromatic carbocycles. The van der Waals surface area contributed by atoms with Gasteiger partial charge < -0.3 is 110 Å². The predicted octanol–water partition coefficient (Wildman–Crippen LogP) is -10.9. The van der Waals surface area contributed by atoms with Gasteiger partial charge in [-0.1, -0.05) is 12.1 Å². The second kappa shape index (κ2) is 29.3. The van der Waals surface area contributed by atoms with E-state index in [2.05, 4.69) is 47.9 Å². The summed E-state index contributed by atoms with van der Waals surface area (Å²) in [6.45, 7) is 4.53. The normalized spacial score (nSPS) is 22.3. The molecule has 0 spiro atoms. The maximum Gasteiger partial charge on any atom is 0.245 e. The number of phenols is 1. The number of benzene rings is 1. The standard InChI is InChI=1S/C43H69N11O20/c1-15(44)36(67)49-25(13-55)39(70)52-30(18(4)59)41(72)54-31(19(5)60)42(73)53-29(17(3)58)40(71)48-24(12-27(63)50-43-32(46-20(6)61)34(65)33(64)26(14-56)74-43)37(68)47-23(11-21-7-9-22(62)10-8-21)38(69)51-28(16(2)57)35(45)66/h7-10,15-19,23-26,28-34,43,55-60,62,64-65H,11-14,44H2,1-6H3,(H2,45,66)(H,46,61)(H,47,68)(H,48,71)(H,49,67)(H,50,63)(H,51,69)(H,52,70)(H,53,73)(H,54,72)/t15-,16-,17-,18-,19-,23+,24+,25+,26-,28+,29+,30+,31+,32-,33-,34-,43-/m1/s1. The number of primary amides is 1. The van der Waals surface area contributed by atoms with Gasteiger partial charge in [-0.15, -0.1) is 0 Å². The van der Waals surface area contributed by atoms with Gasteiger partial charge >= 0.3 is 0 Å². The van der Waals surface area contributed by atoms with Crippen molar-refractivity contribution in [3.8, 4) is 5.75 Å². The molecule has 416 valence electrons. The van der Waals surface area contributed by atoms with Crippen molar-refractivity contribution < 1.29 is 98.6 Å². The maximum absolute atomic E-state index is 14.3. The third-order valence-electron chi connectivity index (χ3n) is 11.1. The van der Waals surface area contributed by atoms with Crippen molar-refractivity contribution in [2.24, 2.45) is 11.5 Å². The molecule has 1 fully saturated rings. The SMILES string of the molecule is CC(=O)N[C@@H]1[C@@H](O)[C@H](O)[C@@H](CO)O[C@H]1NC(=O)C[C@H](NC(=O)[C@@H](NC(=O)[C@@H](NC(=O)[C@@H](NC(=O)[C@H](CO)NC(=O)[C@@H](C)N)[C@@H](C)O)[C@@H](C)O)[C@@H](C)O)C(=O)N[C@@H](Cc1ccc(O)cc1)C(=O)N[C@H](C(N)=O)[C@@H](C)O. The first kappa shape index (κ1) is 63.4. The molecule has 10 amide bonds. The highest BCUT2D eigenvalue weighted by Crippen LogP contribution is 2.21. The summed E-state index contributed by atoms with van der Waals surface area (Å²) in [5.41, 5.74) is 11.1. The van der Waals surface area contributed by atoms with E-state index in [1.165, 1.54) is 31.2 Å². The number of aliphatic hydroxyl groups is 8. The van der Waals surface area contributed by atoms with Crippen molar-refractivity contribution in [1.29, 1.82) is 0 Å². The third kappa shape index (κ3) is 19.0. The number of hydrogen-bond acceptors (Lipinski definition) is 21. The molecule has 0 aliphatic carbocycles. The Hall–Kier alpha value is -6.68. The van der Waals surface area contributed by atoms with E-state index in [9.17, 15) is 93.9 Å². The lowest BCUT2D eigenvalue weighted by Gasteiger charge is -2.42. The number of carbonyl (C=O) groups is 10. The molecule has 17 atom stereocenters. The summed E-state index contributed by atoms with van der Waals surface area (Å²) in [6, 6.07) is -11.0. The lowest BCUT2D eigenvalue weighted by Crippen LogP contribution is -2.68. The Morgan fingerprint density at radius 1 is 0.581 bits per heavy atom. The van der Waals surface area contributed by atoms with Crippen molar-refractivity contribution in [1.82, 2.24) is 47.9 Å². The molecule has 0 bridgehead atoms. The fourth-order valence-corrected chi connectivity index (χ4v) is 6.99. The molecule has 22 N–H and O–H groups in total. The van der Waals surface area contributed by atoms with E-state index in [0.29, 0.717) is 0 Å². The molecule has 0 aromatic heterocycles. The maximum atomic E-state index is 14.3. The largest absolute Gasteiger partial charge is 0.508 e. The number of nitrogens with one attached hydrogen (secondary N) is 9.